The van der Waals surface area contributed by atoms with Crippen LogP contribution in [-0.2, 0) is 0 Å². The van der Waals surface area contributed by atoms with E-state index in [1.165, 1.54) is 18.3 Å². The summed E-state index contributed by atoms with van der Waals surface area (Å²) in [4.78, 5) is 20.1. The number of halogens is 1. The minimum absolute atomic E-state index is 0.0168. The second kappa shape index (κ2) is 4.83. The Labute approximate surface area is 122 Å². The van der Waals surface area contributed by atoms with Crippen molar-refractivity contribution in [1.29, 1.82) is 0 Å². The fraction of sp³-hybridized carbons (Fsp3) is 0.0714. The Hall–Kier alpha value is -1.59. The molecule has 5 heteroatoms. The number of rotatable bonds is 2. The number of ketones is 1. The van der Waals surface area contributed by atoms with Gasteiger partial charge in [-0.1, -0.05) is 22.0 Å². The number of carbonyl (C=O) groups is 1. The zero-order chi connectivity index (χ0) is 13.4. The van der Waals surface area contributed by atoms with Gasteiger partial charge in [0.1, 0.15) is 10.7 Å². The lowest BCUT2D eigenvalue weighted by atomic mass is 10.1. The van der Waals surface area contributed by atoms with Crippen LogP contribution >= 0.6 is 27.3 Å². The summed E-state index contributed by atoms with van der Waals surface area (Å²) in [5.41, 5.74) is 2.35. The number of Topliss-reactive ketones (excluding diaryl/α,β-unsaturated/α-hetero) is 1. The van der Waals surface area contributed by atoms with Crippen LogP contribution in [-0.4, -0.2) is 15.8 Å². The first-order chi connectivity index (χ1) is 9.16. The van der Waals surface area contributed by atoms with Gasteiger partial charge < -0.3 is 0 Å². The number of pyridine rings is 1. The van der Waals surface area contributed by atoms with Crippen LogP contribution in [0.4, 0.5) is 0 Å². The van der Waals surface area contributed by atoms with Gasteiger partial charge in [0.15, 0.2) is 5.78 Å². The molecule has 0 radical (unpaired) electrons. The summed E-state index contributed by atoms with van der Waals surface area (Å²) in [5, 5.41) is 3.65. The Balaban J connectivity index is 2.24. The second-order valence-corrected chi connectivity index (χ2v) is 5.80. The molecule has 0 spiro atoms. The Morgan fingerprint density at radius 2 is 2.16 bits per heavy atom. The molecule has 94 valence electrons. The highest BCUT2D eigenvalue weighted by Crippen LogP contribution is 2.33. The summed E-state index contributed by atoms with van der Waals surface area (Å²) in [6, 6.07) is 7.87. The quantitative estimate of drug-likeness (QED) is 0.656. The van der Waals surface area contributed by atoms with Crippen LogP contribution in [0.3, 0.4) is 0 Å². The molecule has 3 aromatic rings. The standard InChI is InChI=1S/C14H9BrN2OS/c1-8(18)12-7-19-14(17-12)10-4-5-11(15)9-3-2-6-16-13(9)10/h2-7H,1H3. The summed E-state index contributed by atoms with van der Waals surface area (Å²) < 4.78 is 1.00. The molecule has 0 amide bonds. The Morgan fingerprint density at radius 3 is 2.89 bits per heavy atom. The van der Waals surface area contributed by atoms with Gasteiger partial charge in [0, 0.05) is 33.9 Å². The van der Waals surface area contributed by atoms with Gasteiger partial charge in [-0.2, -0.15) is 0 Å². The fourth-order valence-corrected chi connectivity index (χ4v) is 3.21. The maximum atomic E-state index is 11.3. The number of benzene rings is 1. The number of hydrogen-bond acceptors (Lipinski definition) is 4. The van der Waals surface area contributed by atoms with Gasteiger partial charge in [-0.3, -0.25) is 9.78 Å². The third-order valence-corrected chi connectivity index (χ3v) is 4.38. The van der Waals surface area contributed by atoms with Crippen molar-refractivity contribution in [3.05, 3.63) is 46.0 Å². The molecule has 3 rings (SSSR count). The number of aromatic nitrogens is 2. The topological polar surface area (TPSA) is 42.9 Å². The van der Waals surface area contributed by atoms with Gasteiger partial charge in [0.25, 0.3) is 0 Å². The molecule has 1 aromatic carbocycles. The monoisotopic (exact) mass is 332 g/mol. The van der Waals surface area contributed by atoms with E-state index >= 15 is 0 Å². The number of carbonyl (C=O) groups excluding carboxylic acids is 1. The lowest BCUT2D eigenvalue weighted by Crippen LogP contribution is -1.92. The molecule has 19 heavy (non-hydrogen) atoms. The maximum absolute atomic E-state index is 11.3. The van der Waals surface area contributed by atoms with Gasteiger partial charge >= 0.3 is 0 Å². The van der Waals surface area contributed by atoms with Gasteiger partial charge in [-0.05, 0) is 18.2 Å². The second-order valence-electron chi connectivity index (χ2n) is 4.09. The van der Waals surface area contributed by atoms with Crippen LogP contribution in [0.2, 0.25) is 0 Å². The van der Waals surface area contributed by atoms with Gasteiger partial charge in [0.2, 0.25) is 0 Å². The Bertz CT molecular complexity index is 782. The molecule has 0 aliphatic rings. The van der Waals surface area contributed by atoms with Crippen LogP contribution in [0.5, 0.6) is 0 Å². The van der Waals surface area contributed by atoms with Crippen molar-refractivity contribution in [1.82, 2.24) is 9.97 Å². The zero-order valence-electron chi connectivity index (χ0n) is 10.1. The van der Waals surface area contributed by atoms with E-state index in [9.17, 15) is 4.79 Å². The number of fused-ring (bicyclic) bond motifs is 1. The van der Waals surface area contributed by atoms with Crippen molar-refractivity contribution in [3.63, 3.8) is 0 Å². The van der Waals surface area contributed by atoms with Crippen molar-refractivity contribution in [3.8, 4) is 10.6 Å². The summed E-state index contributed by atoms with van der Waals surface area (Å²) >= 11 is 4.99. The Morgan fingerprint density at radius 1 is 1.32 bits per heavy atom. The zero-order valence-corrected chi connectivity index (χ0v) is 12.5. The summed E-state index contributed by atoms with van der Waals surface area (Å²) in [6.07, 6.45) is 1.76. The molecule has 0 saturated heterocycles. The number of nitrogens with zero attached hydrogens (tertiary/aromatic N) is 2. The van der Waals surface area contributed by atoms with E-state index in [0.29, 0.717) is 5.69 Å². The average Bonchev–Trinajstić information content (AvgIpc) is 2.89. The maximum Gasteiger partial charge on any atom is 0.178 e. The number of hydrogen-bond donors (Lipinski definition) is 0. The van der Waals surface area contributed by atoms with Gasteiger partial charge in [-0.15, -0.1) is 11.3 Å². The molecule has 2 aromatic heterocycles. The first-order valence-electron chi connectivity index (χ1n) is 5.67. The van der Waals surface area contributed by atoms with E-state index in [1.807, 2.05) is 24.3 Å². The lowest BCUT2D eigenvalue weighted by Gasteiger charge is -2.04. The molecule has 0 bridgehead atoms. The fourth-order valence-electron chi connectivity index (χ4n) is 1.87. The first-order valence-corrected chi connectivity index (χ1v) is 7.34. The predicted molar refractivity (Wildman–Crippen MR) is 80.6 cm³/mol. The van der Waals surface area contributed by atoms with E-state index in [1.54, 1.807) is 11.6 Å². The molecular formula is C14H9BrN2OS. The Kier molecular flexibility index (Phi) is 3.16. The lowest BCUT2D eigenvalue weighted by molar-refractivity contribution is 0.101. The highest BCUT2D eigenvalue weighted by atomic mass is 79.9. The third kappa shape index (κ3) is 2.19. The smallest absolute Gasteiger partial charge is 0.178 e. The van der Waals surface area contributed by atoms with Crippen LogP contribution in [0.1, 0.15) is 17.4 Å². The summed E-state index contributed by atoms with van der Waals surface area (Å²) in [7, 11) is 0. The predicted octanol–water partition coefficient (Wildman–Crippen LogP) is 4.32. The van der Waals surface area contributed by atoms with Crippen LogP contribution < -0.4 is 0 Å². The normalized spacial score (nSPS) is 10.8. The van der Waals surface area contributed by atoms with Crippen molar-refractivity contribution < 1.29 is 4.79 Å². The summed E-state index contributed by atoms with van der Waals surface area (Å²) in [5.74, 6) is -0.0168. The molecular weight excluding hydrogens is 324 g/mol. The van der Waals surface area contributed by atoms with E-state index < -0.39 is 0 Å². The van der Waals surface area contributed by atoms with Crippen LogP contribution in [0.25, 0.3) is 21.5 Å². The average molecular weight is 333 g/mol. The SMILES string of the molecule is CC(=O)c1csc(-c2ccc(Br)c3cccnc23)n1. The molecule has 3 nitrogen and oxygen atoms in total. The van der Waals surface area contributed by atoms with E-state index in [2.05, 4.69) is 25.9 Å². The largest absolute Gasteiger partial charge is 0.293 e. The molecule has 0 N–H and O–H groups in total. The molecule has 2 heterocycles. The van der Waals surface area contributed by atoms with Crippen molar-refractivity contribution >= 4 is 44.0 Å². The summed E-state index contributed by atoms with van der Waals surface area (Å²) in [6.45, 7) is 1.52. The van der Waals surface area contributed by atoms with Crippen LogP contribution in [0.15, 0.2) is 40.3 Å². The van der Waals surface area contributed by atoms with E-state index in [4.69, 9.17) is 0 Å². The minimum atomic E-state index is -0.0168. The molecule has 0 saturated carbocycles. The molecule has 0 unspecified atom stereocenters. The molecule has 0 atom stereocenters. The molecule has 0 aliphatic heterocycles. The minimum Gasteiger partial charge on any atom is -0.293 e. The highest BCUT2D eigenvalue weighted by Gasteiger charge is 2.12. The van der Waals surface area contributed by atoms with Crippen molar-refractivity contribution in [2.24, 2.45) is 0 Å². The third-order valence-electron chi connectivity index (χ3n) is 2.81. The number of thiazole rings is 1. The molecule has 0 aliphatic carbocycles. The van der Waals surface area contributed by atoms with E-state index in [-0.39, 0.29) is 5.78 Å². The highest BCUT2D eigenvalue weighted by molar-refractivity contribution is 9.10. The van der Waals surface area contributed by atoms with Crippen molar-refractivity contribution in [2.75, 3.05) is 0 Å². The van der Waals surface area contributed by atoms with Crippen LogP contribution in [0, 0.1) is 0 Å². The molecule has 0 fully saturated rings. The first kappa shape index (κ1) is 12.4. The van der Waals surface area contributed by atoms with E-state index in [0.717, 1.165) is 25.9 Å². The van der Waals surface area contributed by atoms with Gasteiger partial charge in [0.05, 0.1) is 5.52 Å². The van der Waals surface area contributed by atoms with Gasteiger partial charge in [-0.25, -0.2) is 4.98 Å². The van der Waals surface area contributed by atoms with Crippen molar-refractivity contribution in [2.45, 2.75) is 6.92 Å².